The lowest BCUT2D eigenvalue weighted by atomic mass is 9.98. The number of benzene rings is 2. The molecular weight excluding hydrogens is 548 g/mol. The first-order chi connectivity index (χ1) is 20.4. The highest BCUT2D eigenvalue weighted by Gasteiger charge is 2.31. The molecule has 0 heterocycles. The molecule has 0 aliphatic heterocycles. The van der Waals surface area contributed by atoms with E-state index in [1.165, 1.54) is 0 Å². The third-order valence-corrected chi connectivity index (χ3v) is 7.14. The van der Waals surface area contributed by atoms with Crippen LogP contribution in [0.25, 0.3) is 11.1 Å². The van der Waals surface area contributed by atoms with Gasteiger partial charge < -0.3 is 30.7 Å². The lowest BCUT2D eigenvalue weighted by Gasteiger charge is -2.25. The molecule has 4 N–H and O–H groups in total. The normalized spacial score (nSPS) is 13.7. The zero-order chi connectivity index (χ0) is 31.6. The third-order valence-electron chi connectivity index (χ3n) is 7.14. The maximum atomic E-state index is 13.3. The molecule has 10 nitrogen and oxygen atoms in total. The van der Waals surface area contributed by atoms with E-state index in [1.807, 2.05) is 50.2 Å². The maximum absolute atomic E-state index is 13.3. The highest BCUT2D eigenvalue weighted by atomic mass is 16.6. The van der Waals surface area contributed by atoms with Crippen LogP contribution in [0.3, 0.4) is 0 Å². The van der Waals surface area contributed by atoms with Crippen LogP contribution in [0, 0.1) is 5.92 Å². The van der Waals surface area contributed by atoms with Gasteiger partial charge in [0.05, 0.1) is 0 Å². The van der Waals surface area contributed by atoms with E-state index in [0.717, 1.165) is 22.3 Å². The minimum atomic E-state index is -0.901. The Morgan fingerprint density at radius 2 is 1.42 bits per heavy atom. The van der Waals surface area contributed by atoms with Crippen LogP contribution in [-0.4, -0.2) is 61.4 Å². The van der Waals surface area contributed by atoms with E-state index in [9.17, 15) is 19.2 Å². The minimum absolute atomic E-state index is 0.101. The van der Waals surface area contributed by atoms with Gasteiger partial charge in [0, 0.05) is 19.0 Å². The largest absolute Gasteiger partial charge is 0.449 e. The Morgan fingerprint density at radius 1 is 0.814 bits per heavy atom. The van der Waals surface area contributed by atoms with Gasteiger partial charge in [-0.05, 0) is 75.1 Å². The summed E-state index contributed by atoms with van der Waals surface area (Å²) in [7, 11) is 0. The summed E-state index contributed by atoms with van der Waals surface area (Å²) in [5, 5.41) is 11.0. The molecule has 4 amide bonds. The standard InChI is InChI=1S/C33H46N4O6/c1-7-34-29(38)27(18-12-13-19-35-31(40)43-33(4,5)6)36-30(39)28(21(2)3)37-32(41)42-20-26-24-16-10-8-14-22(24)23-15-9-11-17-25(23)26/h8-11,14-17,21,26-28H,7,12-13,18-20H2,1-6H3,(H,34,38)(H,35,40)(H,36,39)(H,37,41)/t27-,28-/m0/s1. The SMILES string of the molecule is CCNC(=O)[C@H](CCCCNC(=O)OC(C)(C)C)NC(=O)[C@@H](NC(=O)OCC1c2ccccc2-c2ccccc21)C(C)C. The van der Waals surface area contributed by atoms with E-state index in [1.54, 1.807) is 27.7 Å². The van der Waals surface area contributed by atoms with Crippen LogP contribution < -0.4 is 21.3 Å². The Morgan fingerprint density at radius 3 is 1.98 bits per heavy atom. The summed E-state index contributed by atoms with van der Waals surface area (Å²) >= 11 is 0. The van der Waals surface area contributed by atoms with Crippen LogP contribution >= 0.6 is 0 Å². The van der Waals surface area contributed by atoms with Gasteiger partial charge in [-0.15, -0.1) is 0 Å². The first-order valence-electron chi connectivity index (χ1n) is 15.1. The van der Waals surface area contributed by atoms with Crippen LogP contribution in [0.4, 0.5) is 9.59 Å². The molecule has 0 radical (unpaired) electrons. The van der Waals surface area contributed by atoms with E-state index in [0.29, 0.717) is 32.4 Å². The Labute approximate surface area is 254 Å². The smallest absolute Gasteiger partial charge is 0.407 e. The average Bonchev–Trinajstić information content (AvgIpc) is 3.26. The second-order valence-corrected chi connectivity index (χ2v) is 12.1. The van der Waals surface area contributed by atoms with Crippen LogP contribution in [0.5, 0.6) is 0 Å². The molecular formula is C33H46N4O6. The minimum Gasteiger partial charge on any atom is -0.449 e. The maximum Gasteiger partial charge on any atom is 0.407 e. The van der Waals surface area contributed by atoms with Crippen LogP contribution in [0.2, 0.25) is 0 Å². The second-order valence-electron chi connectivity index (χ2n) is 12.1. The van der Waals surface area contributed by atoms with Gasteiger partial charge in [0.1, 0.15) is 24.3 Å². The molecule has 0 unspecified atom stereocenters. The Balaban J connectivity index is 1.55. The van der Waals surface area contributed by atoms with Crippen molar-refractivity contribution < 1.29 is 28.7 Å². The van der Waals surface area contributed by atoms with E-state index < -0.39 is 35.8 Å². The van der Waals surface area contributed by atoms with Crippen molar-refractivity contribution in [2.45, 2.75) is 84.4 Å². The van der Waals surface area contributed by atoms with Gasteiger partial charge in [-0.2, -0.15) is 0 Å². The molecule has 10 heteroatoms. The van der Waals surface area contributed by atoms with Gasteiger partial charge in [-0.3, -0.25) is 9.59 Å². The van der Waals surface area contributed by atoms with Crippen LogP contribution in [0.1, 0.15) is 77.8 Å². The molecule has 2 aromatic carbocycles. The van der Waals surface area contributed by atoms with Crippen molar-refractivity contribution >= 4 is 24.0 Å². The molecule has 0 bridgehead atoms. The molecule has 0 aromatic heterocycles. The highest BCUT2D eigenvalue weighted by Crippen LogP contribution is 2.44. The molecule has 0 saturated carbocycles. The topological polar surface area (TPSA) is 135 Å². The molecule has 0 spiro atoms. The van der Waals surface area contributed by atoms with Gasteiger partial charge in [0.15, 0.2) is 0 Å². The number of fused-ring (bicyclic) bond motifs is 3. The summed E-state index contributed by atoms with van der Waals surface area (Å²) in [6, 6.07) is 14.5. The Hall–Kier alpha value is -4.08. The van der Waals surface area contributed by atoms with Crippen molar-refractivity contribution in [2.75, 3.05) is 19.7 Å². The fourth-order valence-electron chi connectivity index (χ4n) is 5.11. The molecule has 2 atom stereocenters. The fourth-order valence-corrected chi connectivity index (χ4v) is 5.11. The molecule has 1 aliphatic rings. The molecule has 3 rings (SSSR count). The number of hydrogen-bond donors (Lipinski definition) is 4. The first-order valence-corrected chi connectivity index (χ1v) is 15.1. The van der Waals surface area contributed by atoms with E-state index >= 15 is 0 Å². The van der Waals surface area contributed by atoms with Crippen molar-refractivity contribution in [1.82, 2.24) is 21.3 Å². The summed E-state index contributed by atoms with van der Waals surface area (Å²) in [4.78, 5) is 50.8. The van der Waals surface area contributed by atoms with Crippen molar-refractivity contribution in [1.29, 1.82) is 0 Å². The molecule has 234 valence electrons. The number of carbonyl (C=O) groups excluding carboxylic acids is 4. The van der Waals surface area contributed by atoms with Gasteiger partial charge >= 0.3 is 12.2 Å². The monoisotopic (exact) mass is 594 g/mol. The number of alkyl carbamates (subject to hydrolysis) is 2. The zero-order valence-corrected chi connectivity index (χ0v) is 26.1. The number of ether oxygens (including phenoxy) is 2. The van der Waals surface area contributed by atoms with Crippen molar-refractivity contribution in [2.24, 2.45) is 5.92 Å². The summed E-state index contributed by atoms with van der Waals surface area (Å²) in [5.41, 5.74) is 3.87. The summed E-state index contributed by atoms with van der Waals surface area (Å²) < 4.78 is 10.9. The zero-order valence-electron chi connectivity index (χ0n) is 26.1. The lowest BCUT2D eigenvalue weighted by molar-refractivity contribution is -0.130. The highest BCUT2D eigenvalue weighted by molar-refractivity contribution is 5.91. The summed E-state index contributed by atoms with van der Waals surface area (Å²) in [5.74, 6) is -1.13. The van der Waals surface area contributed by atoms with Gasteiger partial charge in [0.25, 0.3) is 0 Å². The number of nitrogens with one attached hydrogen (secondary N) is 4. The van der Waals surface area contributed by atoms with Crippen LogP contribution in [0.15, 0.2) is 48.5 Å². The van der Waals surface area contributed by atoms with Crippen molar-refractivity contribution in [3.8, 4) is 11.1 Å². The number of unbranched alkanes of at least 4 members (excludes halogenated alkanes) is 1. The number of likely N-dealkylation sites (N-methyl/N-ethyl adjacent to an activating group) is 1. The van der Waals surface area contributed by atoms with Gasteiger partial charge in [0.2, 0.25) is 11.8 Å². The van der Waals surface area contributed by atoms with Gasteiger partial charge in [-0.1, -0.05) is 62.4 Å². The van der Waals surface area contributed by atoms with E-state index in [-0.39, 0.29) is 24.3 Å². The molecule has 1 aliphatic carbocycles. The molecule has 2 aromatic rings. The van der Waals surface area contributed by atoms with E-state index in [4.69, 9.17) is 9.47 Å². The molecule has 0 saturated heterocycles. The second kappa shape index (κ2) is 15.4. The lowest BCUT2D eigenvalue weighted by Crippen LogP contribution is -2.55. The average molecular weight is 595 g/mol. The molecule has 0 fully saturated rings. The fraction of sp³-hybridized carbons (Fsp3) is 0.515. The van der Waals surface area contributed by atoms with E-state index in [2.05, 4.69) is 33.4 Å². The number of hydrogen-bond acceptors (Lipinski definition) is 6. The molecule has 43 heavy (non-hydrogen) atoms. The van der Waals surface area contributed by atoms with Gasteiger partial charge in [-0.25, -0.2) is 9.59 Å². The number of rotatable bonds is 13. The summed E-state index contributed by atoms with van der Waals surface area (Å²) in [6.45, 7) is 11.7. The van der Waals surface area contributed by atoms with Crippen molar-refractivity contribution in [3.05, 3.63) is 59.7 Å². The predicted octanol–water partition coefficient (Wildman–Crippen LogP) is 4.87. The number of amides is 4. The third kappa shape index (κ3) is 9.73. The van der Waals surface area contributed by atoms with Crippen LogP contribution in [-0.2, 0) is 19.1 Å². The number of carbonyl (C=O) groups is 4. The Kier molecular flexibility index (Phi) is 12.0. The van der Waals surface area contributed by atoms with Crippen molar-refractivity contribution in [3.63, 3.8) is 0 Å². The predicted molar refractivity (Wildman–Crippen MR) is 166 cm³/mol. The first kappa shape index (κ1) is 33.4. The summed E-state index contributed by atoms with van der Waals surface area (Å²) in [6.07, 6.45) is 0.336. The quantitative estimate of drug-likeness (QED) is 0.245. The Bertz CT molecular complexity index is 1230.